The maximum absolute atomic E-state index is 6.14. The first-order valence-corrected chi connectivity index (χ1v) is 6.71. The van der Waals surface area contributed by atoms with E-state index in [4.69, 9.17) is 20.8 Å². The van der Waals surface area contributed by atoms with E-state index in [0.717, 1.165) is 11.1 Å². The Labute approximate surface area is 126 Å². The van der Waals surface area contributed by atoms with Gasteiger partial charge in [0.15, 0.2) is 6.61 Å². The van der Waals surface area contributed by atoms with Gasteiger partial charge in [-0.15, -0.1) is 10.2 Å². The van der Waals surface area contributed by atoms with Crippen molar-refractivity contribution in [3.05, 3.63) is 59.5 Å². The van der Waals surface area contributed by atoms with E-state index in [1.165, 1.54) is 0 Å². The number of aromatic nitrogens is 3. The predicted molar refractivity (Wildman–Crippen MR) is 78.1 cm³/mol. The number of benzene rings is 1. The maximum Gasteiger partial charge on any atom is 0.253 e. The average molecular weight is 302 g/mol. The normalized spacial score (nSPS) is 10.6. The van der Waals surface area contributed by atoms with Gasteiger partial charge in [0.25, 0.3) is 5.89 Å². The molecule has 0 unspecified atom stereocenters. The van der Waals surface area contributed by atoms with Crippen LogP contribution in [0.2, 0.25) is 5.02 Å². The van der Waals surface area contributed by atoms with Gasteiger partial charge in [0.1, 0.15) is 5.75 Å². The number of hydrogen-bond donors (Lipinski definition) is 0. The lowest BCUT2D eigenvalue weighted by molar-refractivity contribution is 0.260. The van der Waals surface area contributed by atoms with Gasteiger partial charge >= 0.3 is 0 Å². The highest BCUT2D eigenvalue weighted by atomic mass is 35.5. The Hall–Kier alpha value is -2.40. The van der Waals surface area contributed by atoms with Gasteiger partial charge in [-0.25, -0.2) is 0 Å². The molecular formula is C15H12ClN3O2. The van der Waals surface area contributed by atoms with Crippen LogP contribution in [0.5, 0.6) is 5.75 Å². The van der Waals surface area contributed by atoms with Crippen LogP contribution in [-0.2, 0) is 6.61 Å². The van der Waals surface area contributed by atoms with E-state index in [2.05, 4.69) is 15.2 Å². The lowest BCUT2D eigenvalue weighted by atomic mass is 10.1. The molecule has 0 atom stereocenters. The predicted octanol–water partition coefficient (Wildman–Crippen LogP) is 3.67. The Balaban J connectivity index is 1.81. The second-order valence-corrected chi connectivity index (χ2v) is 4.85. The summed E-state index contributed by atoms with van der Waals surface area (Å²) in [6, 6.07) is 9.36. The molecule has 0 aliphatic heterocycles. The molecule has 0 amide bonds. The SMILES string of the molecule is Cc1nnc(COc2cc(Cl)cc(-c3ccncc3)c2)o1. The Morgan fingerprint density at radius 2 is 1.90 bits per heavy atom. The monoisotopic (exact) mass is 301 g/mol. The molecule has 5 nitrogen and oxygen atoms in total. The molecule has 3 rings (SSSR count). The second kappa shape index (κ2) is 5.93. The van der Waals surface area contributed by atoms with Crippen molar-refractivity contribution in [1.82, 2.24) is 15.2 Å². The van der Waals surface area contributed by atoms with E-state index in [-0.39, 0.29) is 6.61 Å². The van der Waals surface area contributed by atoms with E-state index in [9.17, 15) is 0 Å². The molecule has 2 heterocycles. The van der Waals surface area contributed by atoms with Crippen LogP contribution in [0.3, 0.4) is 0 Å². The van der Waals surface area contributed by atoms with Gasteiger partial charge in [0.05, 0.1) is 0 Å². The van der Waals surface area contributed by atoms with Gasteiger partial charge in [0, 0.05) is 24.3 Å². The van der Waals surface area contributed by atoms with Gasteiger partial charge < -0.3 is 9.15 Å². The highest BCUT2D eigenvalue weighted by molar-refractivity contribution is 6.31. The Bertz CT molecular complexity index is 744. The Kier molecular flexibility index (Phi) is 3.83. The summed E-state index contributed by atoms with van der Waals surface area (Å²) in [5.74, 6) is 1.58. The van der Waals surface area contributed by atoms with Crippen molar-refractivity contribution >= 4 is 11.6 Å². The zero-order chi connectivity index (χ0) is 14.7. The van der Waals surface area contributed by atoms with Gasteiger partial charge in [0.2, 0.25) is 5.89 Å². The van der Waals surface area contributed by atoms with Crippen LogP contribution >= 0.6 is 11.6 Å². The number of pyridine rings is 1. The van der Waals surface area contributed by atoms with Crippen molar-refractivity contribution in [2.45, 2.75) is 13.5 Å². The van der Waals surface area contributed by atoms with Crippen molar-refractivity contribution in [1.29, 1.82) is 0 Å². The van der Waals surface area contributed by atoms with E-state index in [1.807, 2.05) is 24.3 Å². The molecule has 106 valence electrons. The van der Waals surface area contributed by atoms with E-state index in [1.54, 1.807) is 25.4 Å². The minimum absolute atomic E-state index is 0.205. The van der Waals surface area contributed by atoms with Gasteiger partial charge in [-0.3, -0.25) is 4.98 Å². The van der Waals surface area contributed by atoms with Crippen molar-refractivity contribution in [3.8, 4) is 16.9 Å². The molecule has 0 bridgehead atoms. The lowest BCUT2D eigenvalue weighted by Crippen LogP contribution is -1.96. The first-order valence-electron chi connectivity index (χ1n) is 6.33. The molecule has 21 heavy (non-hydrogen) atoms. The van der Waals surface area contributed by atoms with Crippen LogP contribution in [0.1, 0.15) is 11.8 Å². The van der Waals surface area contributed by atoms with Crippen LogP contribution in [-0.4, -0.2) is 15.2 Å². The molecule has 6 heteroatoms. The fourth-order valence-electron chi connectivity index (χ4n) is 1.90. The summed E-state index contributed by atoms with van der Waals surface area (Å²) in [5, 5.41) is 8.23. The Morgan fingerprint density at radius 3 is 2.62 bits per heavy atom. The molecule has 3 aromatic rings. The summed E-state index contributed by atoms with van der Waals surface area (Å²) in [6.45, 7) is 1.94. The van der Waals surface area contributed by atoms with Crippen LogP contribution in [0.25, 0.3) is 11.1 Å². The van der Waals surface area contributed by atoms with Crippen LogP contribution < -0.4 is 4.74 Å². The number of aryl methyl sites for hydroxylation is 1. The summed E-state index contributed by atoms with van der Waals surface area (Å²) in [5.41, 5.74) is 1.98. The largest absolute Gasteiger partial charge is 0.484 e. The summed E-state index contributed by atoms with van der Waals surface area (Å²) in [7, 11) is 0. The topological polar surface area (TPSA) is 61.0 Å². The molecule has 0 fully saturated rings. The van der Waals surface area contributed by atoms with Crippen molar-refractivity contribution < 1.29 is 9.15 Å². The summed E-state index contributed by atoms with van der Waals surface area (Å²) < 4.78 is 10.9. The van der Waals surface area contributed by atoms with Gasteiger partial charge in [-0.2, -0.15) is 0 Å². The molecule has 0 spiro atoms. The molecule has 0 saturated carbocycles. The standard InChI is InChI=1S/C15H12ClN3O2/c1-10-18-19-15(21-10)9-20-14-7-12(6-13(16)8-14)11-2-4-17-5-3-11/h2-8H,9H2,1H3. The first kappa shape index (κ1) is 13.6. The van der Waals surface area contributed by atoms with Crippen LogP contribution in [0.15, 0.2) is 47.1 Å². The molecule has 0 N–H and O–H groups in total. The Morgan fingerprint density at radius 1 is 1.10 bits per heavy atom. The fourth-order valence-corrected chi connectivity index (χ4v) is 2.12. The van der Waals surface area contributed by atoms with Crippen LogP contribution in [0.4, 0.5) is 0 Å². The van der Waals surface area contributed by atoms with Crippen molar-refractivity contribution in [2.24, 2.45) is 0 Å². The number of ether oxygens (including phenoxy) is 1. The fraction of sp³-hybridized carbons (Fsp3) is 0.133. The third kappa shape index (κ3) is 3.38. The number of rotatable bonds is 4. The molecule has 0 saturated heterocycles. The van der Waals surface area contributed by atoms with Crippen molar-refractivity contribution in [2.75, 3.05) is 0 Å². The van der Waals surface area contributed by atoms with Gasteiger partial charge in [-0.1, -0.05) is 11.6 Å². The zero-order valence-electron chi connectivity index (χ0n) is 11.3. The minimum Gasteiger partial charge on any atom is -0.484 e. The average Bonchev–Trinajstić information content (AvgIpc) is 2.91. The highest BCUT2D eigenvalue weighted by Gasteiger charge is 2.06. The first-order chi connectivity index (χ1) is 10.2. The minimum atomic E-state index is 0.205. The summed E-state index contributed by atoms with van der Waals surface area (Å²) in [6.07, 6.45) is 3.47. The molecule has 2 aromatic heterocycles. The molecular weight excluding hydrogens is 290 g/mol. The molecule has 0 aliphatic carbocycles. The second-order valence-electron chi connectivity index (χ2n) is 4.41. The molecule has 1 aromatic carbocycles. The third-order valence-electron chi connectivity index (χ3n) is 2.82. The van der Waals surface area contributed by atoms with E-state index >= 15 is 0 Å². The maximum atomic E-state index is 6.14. The van der Waals surface area contributed by atoms with E-state index in [0.29, 0.717) is 22.6 Å². The highest BCUT2D eigenvalue weighted by Crippen LogP contribution is 2.28. The quantitative estimate of drug-likeness (QED) is 0.735. The molecule has 0 aliphatic rings. The smallest absolute Gasteiger partial charge is 0.253 e. The lowest BCUT2D eigenvalue weighted by Gasteiger charge is -2.07. The number of halogens is 1. The number of hydrogen-bond acceptors (Lipinski definition) is 5. The number of nitrogens with zero attached hydrogens (tertiary/aromatic N) is 3. The van der Waals surface area contributed by atoms with Crippen molar-refractivity contribution in [3.63, 3.8) is 0 Å². The molecule has 0 radical (unpaired) electrons. The third-order valence-corrected chi connectivity index (χ3v) is 3.03. The summed E-state index contributed by atoms with van der Waals surface area (Å²) >= 11 is 6.14. The summed E-state index contributed by atoms with van der Waals surface area (Å²) in [4.78, 5) is 4.00. The zero-order valence-corrected chi connectivity index (χ0v) is 12.0. The van der Waals surface area contributed by atoms with Crippen LogP contribution in [0, 0.1) is 6.92 Å². The van der Waals surface area contributed by atoms with E-state index < -0.39 is 0 Å². The van der Waals surface area contributed by atoms with Gasteiger partial charge in [-0.05, 0) is 41.5 Å².